The molecule has 2 aromatic carbocycles. The number of nitrogens with one attached hydrogen (secondary N) is 2. The van der Waals surface area contributed by atoms with Gasteiger partial charge in [0.1, 0.15) is 0 Å². The van der Waals surface area contributed by atoms with Crippen molar-refractivity contribution in [2.75, 3.05) is 11.1 Å². The van der Waals surface area contributed by atoms with E-state index in [9.17, 15) is 9.59 Å². The number of hydrogen-bond donors (Lipinski definition) is 2. The van der Waals surface area contributed by atoms with Crippen LogP contribution in [0.25, 0.3) is 0 Å². The number of nitrogens with zero attached hydrogens (tertiary/aromatic N) is 3. The lowest BCUT2D eigenvalue weighted by atomic mass is 10.1. The van der Waals surface area contributed by atoms with Gasteiger partial charge in [0, 0.05) is 22.8 Å². The minimum absolute atomic E-state index is 0.124. The average Bonchev–Trinajstić information content (AvgIpc) is 3.09. The fraction of sp³-hybridized carbons (Fsp3) is 0.273. The number of benzene rings is 2. The molecule has 1 aromatic heterocycles. The number of carbonyl (C=O) groups is 2. The van der Waals surface area contributed by atoms with Crippen molar-refractivity contribution >= 4 is 45.2 Å². The van der Waals surface area contributed by atoms with Crippen molar-refractivity contribution in [2.24, 2.45) is 7.05 Å². The van der Waals surface area contributed by atoms with Gasteiger partial charge in [-0.25, -0.2) is 0 Å². The lowest BCUT2D eigenvalue weighted by Crippen LogP contribution is -2.29. The van der Waals surface area contributed by atoms with Crippen LogP contribution in [0, 0.1) is 13.8 Å². The van der Waals surface area contributed by atoms with E-state index in [2.05, 4.69) is 36.8 Å². The highest BCUT2D eigenvalue weighted by atomic mass is 79.9. The van der Waals surface area contributed by atoms with Gasteiger partial charge in [-0.1, -0.05) is 45.9 Å². The predicted molar refractivity (Wildman–Crippen MR) is 126 cm³/mol. The van der Waals surface area contributed by atoms with E-state index < -0.39 is 0 Å². The largest absolute Gasteiger partial charge is 0.342 e. The van der Waals surface area contributed by atoms with Crippen molar-refractivity contribution in [1.29, 1.82) is 0 Å². The molecule has 162 valence electrons. The van der Waals surface area contributed by atoms with Gasteiger partial charge in [-0.15, -0.1) is 10.2 Å². The molecule has 0 spiro atoms. The normalized spacial score (nSPS) is 11.8. The third-order valence-corrected chi connectivity index (χ3v) is 6.30. The summed E-state index contributed by atoms with van der Waals surface area (Å²) in [6.07, 6.45) is 0. The van der Waals surface area contributed by atoms with Crippen LogP contribution in [0.3, 0.4) is 0 Å². The Morgan fingerprint density at radius 3 is 2.58 bits per heavy atom. The highest BCUT2D eigenvalue weighted by molar-refractivity contribution is 9.10. The Morgan fingerprint density at radius 2 is 1.87 bits per heavy atom. The highest BCUT2D eigenvalue weighted by Gasteiger charge is 2.19. The summed E-state index contributed by atoms with van der Waals surface area (Å²) >= 11 is 4.71. The van der Waals surface area contributed by atoms with Crippen LogP contribution in [0.15, 0.2) is 52.1 Å². The van der Waals surface area contributed by atoms with Crippen LogP contribution in [-0.4, -0.2) is 32.3 Å². The Balaban J connectivity index is 1.59. The first kappa shape index (κ1) is 23.0. The zero-order valence-electron chi connectivity index (χ0n) is 17.8. The Bertz CT molecular complexity index is 1120. The number of carbonyl (C=O) groups excluding carboxylic acids is 2. The fourth-order valence-corrected chi connectivity index (χ4v) is 4.27. The molecular weight excluding hydrogens is 478 g/mol. The van der Waals surface area contributed by atoms with Crippen LogP contribution in [0.2, 0.25) is 0 Å². The van der Waals surface area contributed by atoms with E-state index in [1.807, 2.05) is 64.2 Å². The molecule has 7 nitrogen and oxygen atoms in total. The summed E-state index contributed by atoms with van der Waals surface area (Å²) < 4.78 is 2.76. The summed E-state index contributed by atoms with van der Waals surface area (Å²) in [5.74, 6) is 0.535. The molecule has 1 heterocycles. The molecule has 1 atom stereocenters. The van der Waals surface area contributed by atoms with Crippen LogP contribution in [-0.2, 0) is 11.8 Å². The minimum atomic E-state index is -0.335. The van der Waals surface area contributed by atoms with Gasteiger partial charge in [0.2, 0.25) is 5.91 Å². The van der Waals surface area contributed by atoms with Crippen LogP contribution >= 0.6 is 27.7 Å². The van der Waals surface area contributed by atoms with Gasteiger partial charge in [-0.3, -0.25) is 9.59 Å². The van der Waals surface area contributed by atoms with Crippen LogP contribution in [0.4, 0.5) is 5.69 Å². The smallest absolute Gasteiger partial charge is 0.252 e. The molecule has 9 heteroatoms. The van der Waals surface area contributed by atoms with Crippen molar-refractivity contribution in [2.45, 2.75) is 32.0 Å². The number of aryl methyl sites for hydroxylation is 2. The van der Waals surface area contributed by atoms with E-state index in [0.29, 0.717) is 16.5 Å². The standard InChI is InChI=1S/C22H24BrN5O2S/c1-13-7-5-6-8-17(13)21(30)24-15(3)20-26-27-22(28(20)4)31-12-19(29)25-18-10-9-16(23)11-14(18)2/h5-11,15H,12H2,1-4H3,(H,24,30)(H,25,29)/t15-/m0/s1. The van der Waals surface area contributed by atoms with Gasteiger partial charge in [0.15, 0.2) is 11.0 Å². The minimum Gasteiger partial charge on any atom is -0.342 e. The van der Waals surface area contributed by atoms with Gasteiger partial charge in [0.25, 0.3) is 5.91 Å². The van der Waals surface area contributed by atoms with Gasteiger partial charge >= 0.3 is 0 Å². The fourth-order valence-electron chi connectivity index (χ4n) is 3.08. The lowest BCUT2D eigenvalue weighted by Gasteiger charge is -2.14. The molecule has 0 aliphatic heterocycles. The molecule has 2 amide bonds. The second-order valence-corrected chi connectivity index (χ2v) is 9.06. The van der Waals surface area contributed by atoms with Crippen LogP contribution < -0.4 is 10.6 Å². The van der Waals surface area contributed by atoms with Crippen molar-refractivity contribution < 1.29 is 9.59 Å². The molecule has 0 bridgehead atoms. The number of amides is 2. The van der Waals surface area contributed by atoms with Gasteiger partial charge in [-0.05, 0) is 56.2 Å². The summed E-state index contributed by atoms with van der Waals surface area (Å²) in [5.41, 5.74) is 3.30. The maximum Gasteiger partial charge on any atom is 0.252 e. The van der Waals surface area contributed by atoms with Gasteiger partial charge in [-0.2, -0.15) is 0 Å². The molecule has 0 saturated carbocycles. The molecular formula is C22H24BrN5O2S. The Kier molecular flexibility index (Phi) is 7.50. The summed E-state index contributed by atoms with van der Waals surface area (Å²) in [5, 5.41) is 14.9. The van der Waals surface area contributed by atoms with E-state index in [1.54, 1.807) is 10.6 Å². The van der Waals surface area contributed by atoms with E-state index >= 15 is 0 Å². The third-order valence-electron chi connectivity index (χ3n) is 4.79. The SMILES string of the molecule is Cc1cc(Br)ccc1NC(=O)CSc1nnc([C@H](C)NC(=O)c2ccccc2C)n1C. The average molecular weight is 502 g/mol. The van der Waals surface area contributed by atoms with E-state index in [1.165, 1.54) is 11.8 Å². The van der Waals surface area contributed by atoms with E-state index in [4.69, 9.17) is 0 Å². The molecule has 2 N–H and O–H groups in total. The first-order chi connectivity index (χ1) is 14.8. The highest BCUT2D eigenvalue weighted by Crippen LogP contribution is 2.22. The van der Waals surface area contributed by atoms with E-state index in [0.717, 1.165) is 21.3 Å². The molecule has 0 saturated heterocycles. The maximum absolute atomic E-state index is 12.6. The first-order valence-electron chi connectivity index (χ1n) is 9.71. The summed E-state index contributed by atoms with van der Waals surface area (Å²) in [7, 11) is 1.82. The Labute approximate surface area is 194 Å². The third kappa shape index (κ3) is 5.74. The molecule has 0 fully saturated rings. The molecule has 3 rings (SSSR count). The molecule has 3 aromatic rings. The molecule has 0 radical (unpaired) electrons. The van der Waals surface area contributed by atoms with Gasteiger partial charge in [0.05, 0.1) is 11.8 Å². The van der Waals surface area contributed by atoms with Crippen molar-refractivity contribution in [1.82, 2.24) is 20.1 Å². The maximum atomic E-state index is 12.6. The summed E-state index contributed by atoms with van der Waals surface area (Å²) in [6, 6.07) is 12.8. The topological polar surface area (TPSA) is 88.9 Å². The van der Waals surface area contributed by atoms with Crippen LogP contribution in [0.1, 0.15) is 40.3 Å². The predicted octanol–water partition coefficient (Wildman–Crippen LogP) is 4.42. The van der Waals surface area contributed by atoms with Gasteiger partial charge < -0.3 is 15.2 Å². The zero-order valence-corrected chi connectivity index (χ0v) is 20.2. The second-order valence-electron chi connectivity index (χ2n) is 7.21. The van der Waals surface area contributed by atoms with Crippen molar-refractivity contribution in [3.05, 3.63) is 69.5 Å². The lowest BCUT2D eigenvalue weighted by molar-refractivity contribution is -0.113. The first-order valence-corrected chi connectivity index (χ1v) is 11.5. The number of hydrogen-bond acceptors (Lipinski definition) is 5. The number of anilines is 1. The molecule has 31 heavy (non-hydrogen) atoms. The number of halogens is 1. The number of rotatable bonds is 7. The monoisotopic (exact) mass is 501 g/mol. The quantitative estimate of drug-likeness (QED) is 0.467. The molecule has 0 unspecified atom stereocenters. The zero-order chi connectivity index (χ0) is 22.5. The Morgan fingerprint density at radius 1 is 1.13 bits per heavy atom. The number of aromatic nitrogens is 3. The Hall–Kier alpha value is -2.65. The van der Waals surface area contributed by atoms with Crippen molar-refractivity contribution in [3.63, 3.8) is 0 Å². The summed E-state index contributed by atoms with van der Waals surface area (Å²) in [4.78, 5) is 24.9. The van der Waals surface area contributed by atoms with E-state index in [-0.39, 0.29) is 23.6 Å². The second kappa shape index (κ2) is 10.1. The van der Waals surface area contributed by atoms with Crippen LogP contribution in [0.5, 0.6) is 0 Å². The summed E-state index contributed by atoms with van der Waals surface area (Å²) in [6.45, 7) is 5.70. The number of thioether (sulfide) groups is 1. The van der Waals surface area contributed by atoms with Crippen molar-refractivity contribution in [3.8, 4) is 0 Å². The molecule has 0 aliphatic carbocycles. The molecule has 0 aliphatic rings.